The molecule has 4 heteroatoms. The molecule has 0 aliphatic carbocycles. The van der Waals surface area contributed by atoms with Crippen molar-refractivity contribution in [2.75, 3.05) is 4.90 Å². The van der Waals surface area contributed by atoms with Crippen LogP contribution in [0.4, 0.5) is 17.1 Å². The van der Waals surface area contributed by atoms with E-state index >= 15 is 0 Å². The molecular formula is C53H32N2O2. The largest absolute Gasteiger partial charge is 0.456 e. The van der Waals surface area contributed by atoms with E-state index in [1.807, 2.05) is 36.4 Å². The maximum absolute atomic E-state index is 6.31. The number of nitrogens with zero attached hydrogens (tertiary/aromatic N) is 2. The molecule has 0 saturated heterocycles. The zero-order valence-electron chi connectivity index (χ0n) is 30.7. The Labute approximate surface area is 327 Å². The predicted molar refractivity (Wildman–Crippen MR) is 237 cm³/mol. The second-order valence-corrected chi connectivity index (χ2v) is 14.8. The van der Waals surface area contributed by atoms with E-state index in [0.29, 0.717) is 0 Å². The Hall–Kier alpha value is -7.69. The lowest BCUT2D eigenvalue weighted by Crippen LogP contribution is -2.09. The Morgan fingerprint density at radius 1 is 0.316 bits per heavy atom. The molecule has 0 amide bonds. The molecule has 0 fully saturated rings. The van der Waals surface area contributed by atoms with Crippen molar-refractivity contribution in [2.45, 2.75) is 0 Å². The lowest BCUT2D eigenvalue weighted by Gasteiger charge is -2.26. The summed E-state index contributed by atoms with van der Waals surface area (Å²) >= 11 is 0. The third kappa shape index (κ3) is 5.26. The fourth-order valence-electron chi connectivity index (χ4n) is 8.50. The minimum atomic E-state index is 0.889. The number of benzene rings is 9. The van der Waals surface area contributed by atoms with Crippen LogP contribution in [0.2, 0.25) is 0 Å². The van der Waals surface area contributed by atoms with E-state index in [4.69, 9.17) is 13.8 Å². The lowest BCUT2D eigenvalue weighted by molar-refractivity contribution is 0.669. The minimum Gasteiger partial charge on any atom is -0.456 e. The van der Waals surface area contributed by atoms with Crippen LogP contribution in [-0.4, -0.2) is 4.98 Å². The molecule has 0 bridgehead atoms. The number of para-hydroxylation sites is 3. The smallest absolute Gasteiger partial charge is 0.136 e. The van der Waals surface area contributed by atoms with Crippen LogP contribution in [0.3, 0.4) is 0 Å². The van der Waals surface area contributed by atoms with Gasteiger partial charge in [-0.15, -0.1) is 0 Å². The van der Waals surface area contributed by atoms with Crippen molar-refractivity contribution in [1.82, 2.24) is 4.98 Å². The number of aromatic nitrogens is 1. The molecule has 12 aromatic rings. The van der Waals surface area contributed by atoms with Gasteiger partial charge >= 0.3 is 0 Å². The molecule has 0 saturated carbocycles. The van der Waals surface area contributed by atoms with Crippen LogP contribution in [0, 0.1) is 0 Å². The van der Waals surface area contributed by atoms with Crippen LogP contribution in [0.1, 0.15) is 0 Å². The predicted octanol–water partition coefficient (Wildman–Crippen LogP) is 15.1. The molecule has 57 heavy (non-hydrogen) atoms. The average molecular weight is 729 g/mol. The molecule has 0 N–H and O–H groups in total. The number of furan rings is 2. The SMILES string of the molecule is c1ccc2nc(-c3ccc(-c4ccc(N(c5ccc6cc7c(cc6c5)oc5ccccc57)c5ccc6cc7c(cc6c5)oc5ccccc57)cc4)cc3)ccc2c1. The van der Waals surface area contributed by atoms with Gasteiger partial charge in [-0.05, 0) is 118 Å². The molecule has 0 aliphatic rings. The summed E-state index contributed by atoms with van der Waals surface area (Å²) in [5.74, 6) is 0. The van der Waals surface area contributed by atoms with Gasteiger partial charge in [0, 0.05) is 49.6 Å². The highest BCUT2D eigenvalue weighted by Gasteiger charge is 2.17. The van der Waals surface area contributed by atoms with E-state index in [1.165, 1.54) is 10.8 Å². The summed E-state index contributed by atoms with van der Waals surface area (Å²) in [6.45, 7) is 0. The Morgan fingerprint density at radius 3 is 1.42 bits per heavy atom. The van der Waals surface area contributed by atoms with Crippen molar-refractivity contribution in [3.8, 4) is 22.4 Å². The molecule has 4 nitrogen and oxygen atoms in total. The fraction of sp³-hybridized carbons (Fsp3) is 0. The molecule has 12 rings (SSSR count). The van der Waals surface area contributed by atoms with Gasteiger partial charge in [-0.2, -0.15) is 0 Å². The highest BCUT2D eigenvalue weighted by atomic mass is 16.3. The maximum Gasteiger partial charge on any atom is 0.136 e. The highest BCUT2D eigenvalue weighted by Crippen LogP contribution is 2.41. The summed E-state index contributed by atoms with van der Waals surface area (Å²) in [6.07, 6.45) is 0. The Morgan fingerprint density at radius 2 is 0.807 bits per heavy atom. The van der Waals surface area contributed by atoms with Crippen molar-refractivity contribution < 1.29 is 8.83 Å². The Kier molecular flexibility index (Phi) is 6.89. The van der Waals surface area contributed by atoms with Gasteiger partial charge < -0.3 is 13.7 Å². The normalized spacial score (nSPS) is 11.9. The Bertz CT molecular complexity index is 3370. The van der Waals surface area contributed by atoms with E-state index in [9.17, 15) is 0 Å². The van der Waals surface area contributed by atoms with E-state index in [0.717, 1.165) is 105 Å². The monoisotopic (exact) mass is 728 g/mol. The summed E-state index contributed by atoms with van der Waals surface area (Å²) in [4.78, 5) is 7.24. The van der Waals surface area contributed by atoms with Gasteiger partial charge in [-0.3, -0.25) is 0 Å². The topological polar surface area (TPSA) is 42.4 Å². The van der Waals surface area contributed by atoms with Gasteiger partial charge in [0.2, 0.25) is 0 Å². The minimum absolute atomic E-state index is 0.889. The molecule has 0 radical (unpaired) electrons. The van der Waals surface area contributed by atoms with E-state index < -0.39 is 0 Å². The summed E-state index contributed by atoms with van der Waals surface area (Å²) in [7, 11) is 0. The van der Waals surface area contributed by atoms with Gasteiger partial charge in [0.1, 0.15) is 22.3 Å². The number of hydrogen-bond donors (Lipinski definition) is 0. The van der Waals surface area contributed by atoms with Crippen molar-refractivity contribution in [3.63, 3.8) is 0 Å². The number of pyridine rings is 1. The summed E-state index contributed by atoms with van der Waals surface area (Å²) in [6, 6.07) is 68.8. The summed E-state index contributed by atoms with van der Waals surface area (Å²) in [5.41, 5.74) is 12.1. The van der Waals surface area contributed by atoms with Crippen molar-refractivity contribution >= 4 is 93.4 Å². The van der Waals surface area contributed by atoms with E-state index in [1.54, 1.807) is 0 Å². The standard InChI is InChI=1S/C53H32N2O2/c1-4-10-48-35(7-1)21-26-49(54-48)36-15-13-33(14-16-36)34-17-22-41(23-18-34)55(42-24-19-37-29-46-44-8-2-5-11-50(44)56-52(46)31-39(37)27-42)43-25-20-38-30-47-45-9-3-6-12-51(45)57-53(47)32-40(38)28-43/h1-32H. The molecule has 0 unspecified atom stereocenters. The first-order valence-corrected chi connectivity index (χ1v) is 19.3. The molecule has 9 aromatic carbocycles. The van der Waals surface area contributed by atoms with Gasteiger partial charge in [0.25, 0.3) is 0 Å². The summed E-state index contributed by atoms with van der Waals surface area (Å²) in [5, 5.41) is 10.2. The van der Waals surface area contributed by atoms with Gasteiger partial charge in [0.15, 0.2) is 0 Å². The van der Waals surface area contributed by atoms with Crippen LogP contribution in [0.15, 0.2) is 203 Å². The number of fused-ring (bicyclic) bond motifs is 9. The summed E-state index contributed by atoms with van der Waals surface area (Å²) < 4.78 is 12.6. The first-order valence-electron chi connectivity index (χ1n) is 19.3. The van der Waals surface area contributed by atoms with Crippen LogP contribution in [0.5, 0.6) is 0 Å². The molecule has 266 valence electrons. The van der Waals surface area contributed by atoms with Crippen molar-refractivity contribution in [1.29, 1.82) is 0 Å². The van der Waals surface area contributed by atoms with E-state index in [2.05, 4.69) is 163 Å². The maximum atomic E-state index is 6.31. The number of hydrogen-bond acceptors (Lipinski definition) is 4. The number of anilines is 3. The number of rotatable bonds is 5. The lowest BCUT2D eigenvalue weighted by atomic mass is 10.0. The van der Waals surface area contributed by atoms with Gasteiger partial charge in [-0.25, -0.2) is 4.98 Å². The van der Waals surface area contributed by atoms with Crippen LogP contribution < -0.4 is 4.90 Å². The van der Waals surface area contributed by atoms with Crippen LogP contribution in [-0.2, 0) is 0 Å². The first kappa shape index (κ1) is 31.6. The first-order chi connectivity index (χ1) is 28.2. The molecule has 0 atom stereocenters. The van der Waals surface area contributed by atoms with Gasteiger partial charge in [-0.1, -0.05) is 109 Å². The van der Waals surface area contributed by atoms with Gasteiger partial charge in [0.05, 0.1) is 11.2 Å². The van der Waals surface area contributed by atoms with Crippen molar-refractivity contribution in [2.24, 2.45) is 0 Å². The third-order valence-electron chi connectivity index (χ3n) is 11.4. The van der Waals surface area contributed by atoms with Crippen LogP contribution >= 0.6 is 0 Å². The molecular weight excluding hydrogens is 697 g/mol. The second kappa shape index (κ2) is 12.4. The quantitative estimate of drug-likeness (QED) is 0.177. The molecule has 0 spiro atoms. The highest BCUT2D eigenvalue weighted by molar-refractivity contribution is 6.12. The molecule has 3 heterocycles. The van der Waals surface area contributed by atoms with Crippen molar-refractivity contribution in [3.05, 3.63) is 194 Å². The zero-order valence-corrected chi connectivity index (χ0v) is 30.7. The fourth-order valence-corrected chi connectivity index (χ4v) is 8.50. The molecule has 0 aliphatic heterocycles. The third-order valence-corrected chi connectivity index (χ3v) is 11.4. The second-order valence-electron chi connectivity index (χ2n) is 14.8. The Balaban J connectivity index is 0.956. The van der Waals surface area contributed by atoms with Crippen LogP contribution in [0.25, 0.3) is 98.7 Å². The van der Waals surface area contributed by atoms with E-state index in [-0.39, 0.29) is 0 Å². The molecule has 3 aromatic heterocycles. The zero-order chi connectivity index (χ0) is 37.5. The average Bonchev–Trinajstić information content (AvgIpc) is 3.82.